The minimum Gasteiger partial charge on any atom is -0.268 e. The molecule has 0 N–H and O–H groups in total. The lowest BCUT2D eigenvalue weighted by atomic mass is 9.94. The molecule has 2 aliphatic rings. The van der Waals surface area contributed by atoms with Crippen molar-refractivity contribution < 1.29 is 19.4 Å². The Morgan fingerprint density at radius 1 is 0.550 bits per heavy atom. The van der Waals surface area contributed by atoms with E-state index in [1.807, 2.05) is 0 Å². The minimum atomic E-state index is -0.716. The summed E-state index contributed by atoms with van der Waals surface area (Å²) in [6.07, 6.45) is 0. The van der Waals surface area contributed by atoms with Gasteiger partial charge in [0.05, 0.1) is 21.2 Å². The number of anilines is 2. The van der Waals surface area contributed by atoms with E-state index in [1.54, 1.807) is 60.7 Å². The van der Waals surface area contributed by atoms with Gasteiger partial charge in [0, 0.05) is 29.8 Å². The zero-order valence-electron chi connectivity index (χ0n) is 20.4. The van der Waals surface area contributed by atoms with Crippen molar-refractivity contribution in [3.8, 4) is 11.1 Å². The second-order valence-corrected chi connectivity index (χ2v) is 9.32. The van der Waals surface area contributed by atoms with E-state index >= 15 is 0 Å². The lowest BCUT2D eigenvalue weighted by molar-refractivity contribution is -0.385. The first-order chi connectivity index (χ1) is 19.3. The van der Waals surface area contributed by atoms with Crippen molar-refractivity contribution in [3.63, 3.8) is 0 Å². The monoisotopic (exact) mass is 548 g/mol. The maximum Gasteiger partial charge on any atom is 0.270 e. The van der Waals surface area contributed by atoms with E-state index in [1.165, 1.54) is 46.2 Å². The second kappa shape index (κ2) is 9.33. The third-order valence-electron chi connectivity index (χ3n) is 6.75. The lowest BCUT2D eigenvalue weighted by Crippen LogP contribution is -2.57. The summed E-state index contributed by atoms with van der Waals surface area (Å²) in [6, 6.07) is 25.2. The summed E-state index contributed by atoms with van der Waals surface area (Å²) in [5, 5.41) is 23.2. The van der Waals surface area contributed by atoms with Crippen molar-refractivity contribution >= 4 is 57.5 Å². The quantitative estimate of drug-likeness (QED) is 0.0934. The first-order valence-electron chi connectivity index (χ1n) is 11.9. The summed E-state index contributed by atoms with van der Waals surface area (Å²) in [6.45, 7) is 0. The highest BCUT2D eigenvalue weighted by Crippen LogP contribution is 2.49. The number of para-hydroxylation sites is 2. The molecule has 0 bridgehead atoms. The second-order valence-electron chi connectivity index (χ2n) is 8.96. The van der Waals surface area contributed by atoms with Crippen LogP contribution in [0.4, 0.5) is 22.7 Å². The molecule has 40 heavy (non-hydrogen) atoms. The largest absolute Gasteiger partial charge is 0.270 e. The average Bonchev–Trinajstić information content (AvgIpc) is 3.27. The molecule has 0 atom stereocenters. The van der Waals surface area contributed by atoms with Gasteiger partial charge in [-0.3, -0.25) is 39.6 Å². The minimum absolute atomic E-state index is 0.0575. The van der Waals surface area contributed by atoms with Crippen molar-refractivity contribution in [1.82, 2.24) is 0 Å². The summed E-state index contributed by atoms with van der Waals surface area (Å²) in [5.41, 5.74) is 1.68. The Bertz CT molecular complexity index is 1760. The fourth-order valence-electron chi connectivity index (χ4n) is 5.00. The van der Waals surface area contributed by atoms with Crippen LogP contribution in [0.3, 0.4) is 0 Å². The van der Waals surface area contributed by atoms with E-state index in [4.69, 9.17) is 12.2 Å². The molecule has 1 aliphatic heterocycles. The number of non-ortho nitro benzene ring substituents is 2. The van der Waals surface area contributed by atoms with Crippen molar-refractivity contribution in [3.05, 3.63) is 134 Å². The molecule has 10 nitrogen and oxygen atoms in total. The van der Waals surface area contributed by atoms with Gasteiger partial charge in [-0.2, -0.15) is 0 Å². The smallest absolute Gasteiger partial charge is 0.268 e. The predicted molar refractivity (Wildman–Crippen MR) is 152 cm³/mol. The Labute approximate surface area is 231 Å². The number of hydrogen-bond donors (Lipinski definition) is 0. The van der Waals surface area contributed by atoms with Crippen LogP contribution in [0.2, 0.25) is 0 Å². The number of nitrogens with zero attached hydrogens (tertiary/aromatic N) is 4. The molecule has 0 aromatic heterocycles. The van der Waals surface area contributed by atoms with E-state index in [0.29, 0.717) is 28.1 Å². The fraction of sp³-hybridized carbons (Fsp3) is 0. The molecule has 1 saturated heterocycles. The highest BCUT2D eigenvalue weighted by atomic mass is 32.1. The maximum absolute atomic E-state index is 14.2. The van der Waals surface area contributed by atoms with Gasteiger partial charge in [0.25, 0.3) is 23.2 Å². The molecule has 1 aliphatic carbocycles. The number of amides is 2. The average molecular weight is 549 g/mol. The highest BCUT2D eigenvalue weighted by Gasteiger charge is 2.45. The van der Waals surface area contributed by atoms with Gasteiger partial charge in [0.2, 0.25) is 0 Å². The van der Waals surface area contributed by atoms with Gasteiger partial charge in [-0.1, -0.05) is 36.4 Å². The Kier molecular flexibility index (Phi) is 5.78. The summed E-state index contributed by atoms with van der Waals surface area (Å²) in [4.78, 5) is 53.0. The molecule has 11 heteroatoms. The van der Waals surface area contributed by atoms with Crippen LogP contribution < -0.4 is 9.80 Å². The molecule has 6 rings (SSSR count). The molecule has 194 valence electrons. The third kappa shape index (κ3) is 3.76. The van der Waals surface area contributed by atoms with E-state index in [2.05, 4.69) is 0 Å². The number of benzene rings is 4. The first-order valence-corrected chi connectivity index (χ1v) is 12.3. The zero-order chi connectivity index (χ0) is 28.1. The molecule has 0 unspecified atom stereocenters. The van der Waals surface area contributed by atoms with Crippen molar-refractivity contribution in [1.29, 1.82) is 0 Å². The molecule has 0 saturated carbocycles. The SMILES string of the molecule is O=C1C(=C2c3cc([N+](=O)[O-])ccc3-c3cc([N+](=O)[O-])ccc32)C(=O)N(c2ccccc2)C(=S)N1c1ccccc1. The zero-order valence-corrected chi connectivity index (χ0v) is 21.2. The van der Waals surface area contributed by atoms with E-state index < -0.39 is 21.7 Å². The number of nitro groups is 2. The van der Waals surface area contributed by atoms with Crippen molar-refractivity contribution in [2.24, 2.45) is 0 Å². The number of nitro benzene ring substituents is 2. The molecule has 0 radical (unpaired) electrons. The molecule has 1 fully saturated rings. The number of hydrogen-bond acceptors (Lipinski definition) is 7. The number of thiocarbonyl (C=S) groups is 1. The molecule has 1 heterocycles. The van der Waals surface area contributed by atoms with Gasteiger partial charge < -0.3 is 0 Å². The van der Waals surface area contributed by atoms with Crippen LogP contribution in [0.25, 0.3) is 16.7 Å². The van der Waals surface area contributed by atoms with Gasteiger partial charge in [0.15, 0.2) is 5.11 Å². The first kappa shape index (κ1) is 24.8. The summed E-state index contributed by atoms with van der Waals surface area (Å²) >= 11 is 5.67. The van der Waals surface area contributed by atoms with Crippen LogP contribution in [0.5, 0.6) is 0 Å². The van der Waals surface area contributed by atoms with Crippen LogP contribution >= 0.6 is 12.2 Å². The highest BCUT2D eigenvalue weighted by molar-refractivity contribution is 7.81. The summed E-state index contributed by atoms with van der Waals surface area (Å²) in [5.74, 6) is -1.43. The molecular weight excluding hydrogens is 532 g/mol. The molecule has 4 aromatic rings. The van der Waals surface area contributed by atoms with E-state index in [0.717, 1.165) is 0 Å². The summed E-state index contributed by atoms with van der Waals surface area (Å²) in [7, 11) is 0. The summed E-state index contributed by atoms with van der Waals surface area (Å²) < 4.78 is 0. The maximum atomic E-state index is 14.2. The molecule has 4 aromatic carbocycles. The number of carbonyl (C=O) groups is 2. The third-order valence-corrected chi connectivity index (χ3v) is 7.12. The Hall–Kier alpha value is -5.55. The molecule has 0 spiro atoms. The van der Waals surface area contributed by atoms with Crippen molar-refractivity contribution in [2.45, 2.75) is 0 Å². The normalized spacial score (nSPS) is 14.3. The van der Waals surface area contributed by atoms with Crippen LogP contribution in [-0.2, 0) is 9.59 Å². The Morgan fingerprint density at radius 2 is 1.00 bits per heavy atom. The van der Waals surface area contributed by atoms with Gasteiger partial charge in [-0.15, -0.1) is 0 Å². The van der Waals surface area contributed by atoms with Crippen LogP contribution in [-0.4, -0.2) is 26.8 Å². The van der Waals surface area contributed by atoms with Gasteiger partial charge in [-0.25, -0.2) is 0 Å². The fourth-order valence-corrected chi connectivity index (χ4v) is 5.38. The van der Waals surface area contributed by atoms with E-state index in [-0.39, 0.29) is 33.2 Å². The topological polar surface area (TPSA) is 127 Å². The molecular formula is C29H16N4O6S. The Balaban J connectivity index is 1.69. The number of carbonyl (C=O) groups excluding carboxylic acids is 2. The number of fused-ring (bicyclic) bond motifs is 3. The predicted octanol–water partition coefficient (Wildman–Crippen LogP) is 5.65. The van der Waals surface area contributed by atoms with Crippen LogP contribution in [0.1, 0.15) is 11.1 Å². The van der Waals surface area contributed by atoms with Crippen LogP contribution in [0, 0.1) is 20.2 Å². The van der Waals surface area contributed by atoms with Crippen LogP contribution in [0.15, 0.2) is 103 Å². The van der Waals surface area contributed by atoms with Gasteiger partial charge in [0.1, 0.15) is 5.57 Å². The molecule has 2 amide bonds. The standard InChI is InChI=1S/C29H16N4O6S/c34-27-26(28(35)31(18-9-5-2-6-10-18)29(40)30(27)17-7-3-1-4-8-17)25-22-14-12-19(32(36)37)15-23(22)21-13-11-20(33(38)39)16-24(21)25/h1-16H. The Morgan fingerprint density at radius 3 is 1.48 bits per heavy atom. The van der Waals surface area contributed by atoms with Gasteiger partial charge >= 0.3 is 0 Å². The number of rotatable bonds is 4. The van der Waals surface area contributed by atoms with Gasteiger partial charge in [-0.05, 0) is 70.9 Å². The van der Waals surface area contributed by atoms with E-state index in [9.17, 15) is 29.8 Å². The lowest BCUT2D eigenvalue weighted by Gasteiger charge is -2.37. The van der Waals surface area contributed by atoms with Crippen molar-refractivity contribution in [2.75, 3.05) is 9.80 Å².